The molecule has 2 aliphatic rings. The molecule has 0 spiro atoms. The van der Waals surface area contributed by atoms with Gasteiger partial charge in [0.1, 0.15) is 5.75 Å². The summed E-state index contributed by atoms with van der Waals surface area (Å²) in [6, 6.07) is 18.2. The van der Waals surface area contributed by atoms with E-state index in [1.807, 2.05) is 0 Å². The van der Waals surface area contributed by atoms with Crippen LogP contribution >= 0.6 is 0 Å². The Morgan fingerprint density at radius 2 is 1.66 bits per heavy atom. The van der Waals surface area contributed by atoms with Gasteiger partial charge in [0.05, 0.1) is 28.8 Å². The lowest BCUT2D eigenvalue weighted by Crippen LogP contribution is -2.35. The molecule has 0 saturated carbocycles. The van der Waals surface area contributed by atoms with Crippen LogP contribution in [-0.4, -0.2) is 51.2 Å². The fourth-order valence-electron chi connectivity index (χ4n) is 4.83. The van der Waals surface area contributed by atoms with Crippen LogP contribution in [0.4, 0.5) is 11.4 Å². The number of anilines is 2. The summed E-state index contributed by atoms with van der Waals surface area (Å²) < 4.78 is 33.2. The van der Waals surface area contributed by atoms with Gasteiger partial charge < -0.3 is 10.1 Å². The number of nitrogens with one attached hydrogen (secondary N) is 1. The number of imide groups is 1. The van der Waals surface area contributed by atoms with E-state index in [0.29, 0.717) is 54.1 Å². The van der Waals surface area contributed by atoms with Gasteiger partial charge in [-0.25, -0.2) is 8.42 Å². The van der Waals surface area contributed by atoms with Gasteiger partial charge in [0.15, 0.2) is 0 Å². The Morgan fingerprint density at radius 3 is 2.32 bits per heavy atom. The molecule has 0 radical (unpaired) electrons. The summed E-state index contributed by atoms with van der Waals surface area (Å²) in [4.78, 5) is 38.9. The van der Waals surface area contributed by atoms with E-state index in [0.717, 1.165) is 5.56 Å². The summed E-state index contributed by atoms with van der Waals surface area (Å²) in [5, 5.41) is 2.85. The first-order valence-corrected chi connectivity index (χ1v) is 13.8. The number of rotatable bonds is 8. The van der Waals surface area contributed by atoms with Gasteiger partial charge in [-0.05, 0) is 79.4 Å². The third kappa shape index (κ3) is 4.74. The summed E-state index contributed by atoms with van der Waals surface area (Å²) in [6.07, 6.45) is 1.80. The van der Waals surface area contributed by atoms with E-state index in [1.165, 1.54) is 28.4 Å². The second-order valence-corrected chi connectivity index (χ2v) is 11.0. The van der Waals surface area contributed by atoms with Gasteiger partial charge in [-0.3, -0.25) is 23.6 Å². The monoisotopic (exact) mass is 533 g/mol. The Kier molecular flexibility index (Phi) is 6.90. The van der Waals surface area contributed by atoms with Gasteiger partial charge in [-0.1, -0.05) is 12.1 Å². The Labute approximate surface area is 221 Å². The zero-order valence-electron chi connectivity index (χ0n) is 20.8. The van der Waals surface area contributed by atoms with Gasteiger partial charge in [0, 0.05) is 25.2 Å². The largest absolute Gasteiger partial charge is 0.497 e. The third-order valence-electron chi connectivity index (χ3n) is 6.75. The van der Waals surface area contributed by atoms with E-state index in [1.54, 1.807) is 54.6 Å². The third-order valence-corrected chi connectivity index (χ3v) is 8.58. The lowest BCUT2D eigenvalue weighted by atomic mass is 10.0. The summed E-state index contributed by atoms with van der Waals surface area (Å²) in [6.45, 7) is 0.521. The minimum absolute atomic E-state index is 0.127. The number of carbonyl (C=O) groups is 3. The van der Waals surface area contributed by atoms with Crippen molar-refractivity contribution in [2.24, 2.45) is 0 Å². The van der Waals surface area contributed by atoms with E-state index >= 15 is 0 Å². The minimum atomic E-state index is -3.75. The highest BCUT2D eigenvalue weighted by Crippen LogP contribution is 2.34. The zero-order valence-corrected chi connectivity index (χ0v) is 21.7. The Hall–Kier alpha value is -4.18. The molecule has 2 aliphatic heterocycles. The van der Waals surface area contributed by atoms with Crippen molar-refractivity contribution in [1.29, 1.82) is 0 Å². The molecule has 38 heavy (non-hydrogen) atoms. The Bertz CT molecular complexity index is 1480. The maximum absolute atomic E-state index is 13.3. The van der Waals surface area contributed by atoms with E-state index in [-0.39, 0.29) is 35.6 Å². The van der Waals surface area contributed by atoms with Crippen molar-refractivity contribution in [3.8, 4) is 5.75 Å². The van der Waals surface area contributed by atoms with Gasteiger partial charge in [-0.2, -0.15) is 0 Å². The van der Waals surface area contributed by atoms with Crippen molar-refractivity contribution < 1.29 is 27.5 Å². The molecule has 0 aliphatic carbocycles. The summed E-state index contributed by atoms with van der Waals surface area (Å²) in [7, 11) is -2.23. The van der Waals surface area contributed by atoms with Crippen molar-refractivity contribution in [3.63, 3.8) is 0 Å². The average Bonchev–Trinajstić information content (AvgIpc) is 3.17. The number of sulfonamides is 1. The molecule has 0 atom stereocenters. The lowest BCUT2D eigenvalue weighted by Gasteiger charge is -2.31. The van der Waals surface area contributed by atoms with Crippen LogP contribution in [0.25, 0.3) is 0 Å². The molecule has 1 N–H and O–H groups in total. The number of methoxy groups -OCH3 is 1. The topological polar surface area (TPSA) is 113 Å². The number of ether oxygens (including phenoxy) is 1. The number of nitrogens with zero attached hydrogens (tertiary/aromatic N) is 2. The van der Waals surface area contributed by atoms with Crippen LogP contribution in [0.15, 0.2) is 71.6 Å². The normalized spacial score (nSPS) is 14.8. The maximum Gasteiger partial charge on any atom is 0.264 e. The number of fused-ring (bicyclic) bond motifs is 2. The Balaban J connectivity index is 1.21. The molecule has 3 aromatic rings. The van der Waals surface area contributed by atoms with Crippen LogP contribution in [-0.2, 0) is 21.2 Å². The smallest absolute Gasteiger partial charge is 0.264 e. The highest BCUT2D eigenvalue weighted by molar-refractivity contribution is 7.92. The number of benzene rings is 3. The number of amides is 3. The number of aryl methyl sites for hydroxylation is 1. The summed E-state index contributed by atoms with van der Waals surface area (Å²) >= 11 is 0. The first-order chi connectivity index (χ1) is 18.3. The molecule has 2 heterocycles. The molecule has 9 nitrogen and oxygen atoms in total. The fourth-order valence-corrected chi connectivity index (χ4v) is 6.37. The Morgan fingerprint density at radius 1 is 0.974 bits per heavy atom. The van der Waals surface area contributed by atoms with Crippen molar-refractivity contribution in [2.75, 3.05) is 29.8 Å². The van der Waals surface area contributed by atoms with E-state index in [2.05, 4.69) is 5.32 Å². The standard InChI is InChI=1S/C28H27N3O6S/c1-37-21-11-13-22(14-12-21)38(35,36)31-17-4-6-19-18-20(10-15-25(19)31)29-26(32)9-5-16-30-27(33)23-7-2-3-8-24(23)28(30)34/h2-3,7-8,10-15,18H,4-6,9,16-17H2,1H3,(H,29,32). The predicted octanol–water partition coefficient (Wildman–Crippen LogP) is 3.85. The molecular formula is C28H27N3O6S. The van der Waals surface area contributed by atoms with Crippen LogP contribution in [0.1, 0.15) is 45.5 Å². The molecule has 5 rings (SSSR count). The first kappa shape index (κ1) is 25.5. The number of hydrogen-bond acceptors (Lipinski definition) is 6. The van der Waals surface area contributed by atoms with Crippen LogP contribution in [0, 0.1) is 0 Å². The van der Waals surface area contributed by atoms with Crippen LogP contribution in [0.3, 0.4) is 0 Å². The van der Waals surface area contributed by atoms with E-state index in [9.17, 15) is 22.8 Å². The second kappa shape index (κ2) is 10.3. The second-order valence-electron chi connectivity index (χ2n) is 9.16. The van der Waals surface area contributed by atoms with E-state index < -0.39 is 10.0 Å². The zero-order chi connectivity index (χ0) is 26.9. The molecule has 0 aromatic heterocycles. The SMILES string of the molecule is COc1ccc(S(=O)(=O)N2CCCc3cc(NC(=O)CCCN4C(=O)c5ccccc5C4=O)ccc32)cc1. The lowest BCUT2D eigenvalue weighted by molar-refractivity contribution is -0.116. The summed E-state index contributed by atoms with van der Waals surface area (Å²) in [5.74, 6) is -0.350. The maximum atomic E-state index is 13.3. The quantitative estimate of drug-likeness (QED) is 0.440. The van der Waals surface area contributed by atoms with Crippen molar-refractivity contribution in [1.82, 2.24) is 4.90 Å². The molecule has 0 saturated heterocycles. The number of carbonyl (C=O) groups excluding carboxylic acids is 3. The van der Waals surface area contributed by atoms with Gasteiger partial charge in [0.25, 0.3) is 21.8 Å². The molecular weight excluding hydrogens is 506 g/mol. The van der Waals surface area contributed by atoms with Crippen molar-refractivity contribution >= 4 is 39.1 Å². The van der Waals surface area contributed by atoms with Crippen molar-refractivity contribution in [3.05, 3.63) is 83.4 Å². The molecule has 10 heteroatoms. The highest BCUT2D eigenvalue weighted by atomic mass is 32.2. The summed E-state index contributed by atoms with van der Waals surface area (Å²) in [5.41, 5.74) is 2.77. The van der Waals surface area contributed by atoms with Crippen LogP contribution < -0.4 is 14.4 Å². The fraction of sp³-hybridized carbons (Fsp3) is 0.250. The molecule has 0 fully saturated rings. The molecule has 196 valence electrons. The number of hydrogen-bond donors (Lipinski definition) is 1. The minimum Gasteiger partial charge on any atom is -0.497 e. The van der Waals surface area contributed by atoms with Crippen LogP contribution in [0.5, 0.6) is 5.75 Å². The molecule has 0 unspecified atom stereocenters. The van der Waals surface area contributed by atoms with Gasteiger partial charge >= 0.3 is 0 Å². The molecule has 3 amide bonds. The van der Waals surface area contributed by atoms with Crippen LogP contribution in [0.2, 0.25) is 0 Å². The highest BCUT2D eigenvalue weighted by Gasteiger charge is 2.34. The van der Waals surface area contributed by atoms with E-state index in [4.69, 9.17) is 4.74 Å². The van der Waals surface area contributed by atoms with Gasteiger partial charge in [0.2, 0.25) is 5.91 Å². The first-order valence-electron chi connectivity index (χ1n) is 12.3. The molecule has 0 bridgehead atoms. The van der Waals surface area contributed by atoms with Crippen molar-refractivity contribution in [2.45, 2.75) is 30.6 Å². The van der Waals surface area contributed by atoms with Gasteiger partial charge in [-0.15, -0.1) is 0 Å². The predicted molar refractivity (Wildman–Crippen MR) is 142 cm³/mol. The average molecular weight is 534 g/mol. The molecule has 3 aromatic carbocycles.